The van der Waals surface area contributed by atoms with Crippen LogP contribution in [0.4, 0.5) is 0 Å². The highest BCUT2D eigenvalue weighted by molar-refractivity contribution is 5.89. The lowest BCUT2D eigenvalue weighted by atomic mass is 9.81. The van der Waals surface area contributed by atoms with Crippen LogP contribution >= 0.6 is 0 Å². The summed E-state index contributed by atoms with van der Waals surface area (Å²) in [6.07, 6.45) is 4.86. The predicted octanol–water partition coefficient (Wildman–Crippen LogP) is 2.49. The molecule has 4 rings (SSSR count). The minimum Gasteiger partial charge on any atom is -0.504 e. The van der Waals surface area contributed by atoms with Crippen LogP contribution in [0.1, 0.15) is 17.5 Å². The van der Waals surface area contributed by atoms with Gasteiger partial charge in [-0.25, -0.2) is 0 Å². The van der Waals surface area contributed by atoms with Crippen LogP contribution in [-0.4, -0.2) is 36.2 Å². The summed E-state index contributed by atoms with van der Waals surface area (Å²) in [4.78, 5) is 26.2. The molecule has 2 aliphatic rings. The van der Waals surface area contributed by atoms with Crippen LogP contribution in [0.5, 0.6) is 23.0 Å². The van der Waals surface area contributed by atoms with Gasteiger partial charge in [-0.05, 0) is 53.6 Å². The second-order valence-corrected chi connectivity index (χ2v) is 8.45. The number of amides is 2. The van der Waals surface area contributed by atoms with E-state index in [9.17, 15) is 19.8 Å². The van der Waals surface area contributed by atoms with E-state index < -0.39 is 11.8 Å². The van der Waals surface area contributed by atoms with Crippen molar-refractivity contribution >= 4 is 11.8 Å². The van der Waals surface area contributed by atoms with Crippen molar-refractivity contribution in [3.8, 4) is 23.0 Å². The van der Waals surface area contributed by atoms with Crippen LogP contribution in [0.3, 0.4) is 0 Å². The van der Waals surface area contributed by atoms with E-state index in [1.54, 1.807) is 24.3 Å². The first kappa shape index (κ1) is 22.5. The Morgan fingerprint density at radius 2 is 1.24 bits per heavy atom. The third-order valence-corrected chi connectivity index (χ3v) is 6.49. The maximum absolute atomic E-state index is 13.1. The predicted molar refractivity (Wildman–Crippen MR) is 121 cm³/mol. The Hall–Kier alpha value is -3.68. The molecule has 8 heteroatoms. The van der Waals surface area contributed by atoms with Crippen molar-refractivity contribution in [1.29, 1.82) is 0 Å². The van der Waals surface area contributed by atoms with Crippen molar-refractivity contribution in [2.75, 3.05) is 14.2 Å². The molecule has 174 valence electrons. The first-order valence-corrected chi connectivity index (χ1v) is 10.9. The molecule has 2 amide bonds. The molecular formula is C25H28N2O6. The van der Waals surface area contributed by atoms with Crippen molar-refractivity contribution in [1.82, 2.24) is 10.6 Å². The normalized spacial score (nSPS) is 22.7. The molecule has 2 aromatic carbocycles. The number of methoxy groups -OCH3 is 2. The van der Waals surface area contributed by atoms with E-state index in [0.717, 1.165) is 17.5 Å². The molecular weight excluding hydrogens is 424 g/mol. The van der Waals surface area contributed by atoms with Crippen molar-refractivity contribution in [3.63, 3.8) is 0 Å². The molecule has 2 bridgehead atoms. The van der Waals surface area contributed by atoms with Crippen molar-refractivity contribution < 1.29 is 29.3 Å². The fourth-order valence-electron chi connectivity index (χ4n) is 4.82. The number of benzene rings is 2. The number of rotatable bonds is 8. The fourth-order valence-corrected chi connectivity index (χ4v) is 4.82. The van der Waals surface area contributed by atoms with Gasteiger partial charge in [-0.2, -0.15) is 0 Å². The molecule has 0 aliphatic heterocycles. The van der Waals surface area contributed by atoms with Gasteiger partial charge in [0.05, 0.1) is 26.1 Å². The average Bonchev–Trinajstić information content (AvgIpc) is 3.44. The van der Waals surface area contributed by atoms with E-state index >= 15 is 0 Å². The molecule has 0 aromatic heterocycles. The summed E-state index contributed by atoms with van der Waals surface area (Å²) in [5.74, 6) is -0.372. The third-order valence-electron chi connectivity index (χ3n) is 6.49. The molecule has 2 aliphatic carbocycles. The maximum Gasteiger partial charge on any atom is 0.224 e. The Labute approximate surface area is 192 Å². The van der Waals surface area contributed by atoms with Gasteiger partial charge >= 0.3 is 0 Å². The monoisotopic (exact) mass is 452 g/mol. The molecule has 1 fully saturated rings. The lowest BCUT2D eigenvalue weighted by Gasteiger charge is -2.26. The number of phenols is 2. The standard InChI is InChI=1S/C25H28N2O6/c1-32-20-9-14(3-7-18(20)28)12-26-24(30)22-16-5-6-17(11-16)23(22)25(31)27-13-15-4-8-19(29)21(10-15)33-2/h3-10,16-17,22-23,28-29H,11-13H2,1-2H3,(H,26,30)(H,27,31)/t16-,17+,22?,23?. The fraction of sp³-hybridized carbons (Fsp3) is 0.360. The second-order valence-electron chi connectivity index (χ2n) is 8.45. The van der Waals surface area contributed by atoms with E-state index in [4.69, 9.17) is 9.47 Å². The largest absolute Gasteiger partial charge is 0.504 e. The topological polar surface area (TPSA) is 117 Å². The summed E-state index contributed by atoms with van der Waals surface area (Å²) in [6.45, 7) is 0.545. The molecule has 1 saturated carbocycles. The number of hydrogen-bond acceptors (Lipinski definition) is 6. The highest BCUT2D eigenvalue weighted by atomic mass is 16.5. The Morgan fingerprint density at radius 1 is 0.818 bits per heavy atom. The number of ether oxygens (including phenoxy) is 2. The minimum absolute atomic E-state index is 0.0359. The molecule has 0 radical (unpaired) electrons. The summed E-state index contributed by atoms with van der Waals surface area (Å²) < 4.78 is 10.2. The van der Waals surface area contributed by atoms with Gasteiger partial charge in [0.25, 0.3) is 0 Å². The van der Waals surface area contributed by atoms with E-state index in [1.807, 2.05) is 12.2 Å². The van der Waals surface area contributed by atoms with Crippen LogP contribution in [0, 0.1) is 23.7 Å². The lowest BCUT2D eigenvalue weighted by molar-refractivity contribution is -0.135. The Balaban J connectivity index is 1.40. The quantitative estimate of drug-likeness (QED) is 0.457. The molecule has 8 nitrogen and oxygen atoms in total. The zero-order valence-corrected chi connectivity index (χ0v) is 18.6. The highest BCUT2D eigenvalue weighted by Crippen LogP contribution is 2.48. The second kappa shape index (κ2) is 9.44. The molecule has 33 heavy (non-hydrogen) atoms. The molecule has 2 unspecified atom stereocenters. The number of nitrogens with one attached hydrogen (secondary N) is 2. The molecule has 0 spiro atoms. The average molecular weight is 453 g/mol. The van der Waals surface area contributed by atoms with Crippen LogP contribution < -0.4 is 20.1 Å². The van der Waals surface area contributed by atoms with Gasteiger partial charge in [0.1, 0.15) is 0 Å². The van der Waals surface area contributed by atoms with E-state index in [-0.39, 0.29) is 48.2 Å². The first-order chi connectivity index (χ1) is 15.9. The highest BCUT2D eigenvalue weighted by Gasteiger charge is 2.51. The van der Waals surface area contributed by atoms with Gasteiger partial charge < -0.3 is 30.3 Å². The van der Waals surface area contributed by atoms with Gasteiger partial charge in [-0.3, -0.25) is 9.59 Å². The number of allylic oxidation sites excluding steroid dienone is 2. The Kier molecular flexibility index (Phi) is 6.44. The Bertz CT molecular complexity index is 999. The maximum atomic E-state index is 13.1. The van der Waals surface area contributed by atoms with Crippen LogP contribution in [0.25, 0.3) is 0 Å². The smallest absolute Gasteiger partial charge is 0.224 e. The number of fused-ring (bicyclic) bond motifs is 2. The van der Waals surface area contributed by atoms with Gasteiger partial charge in [-0.15, -0.1) is 0 Å². The summed E-state index contributed by atoms with van der Waals surface area (Å²) in [5.41, 5.74) is 1.58. The van der Waals surface area contributed by atoms with Gasteiger partial charge in [-0.1, -0.05) is 24.3 Å². The van der Waals surface area contributed by atoms with Gasteiger partial charge in [0, 0.05) is 13.1 Å². The number of carbonyl (C=O) groups excluding carboxylic acids is 2. The van der Waals surface area contributed by atoms with Crippen molar-refractivity contribution in [2.24, 2.45) is 23.7 Å². The first-order valence-electron chi connectivity index (χ1n) is 10.9. The summed E-state index contributed by atoms with van der Waals surface area (Å²) in [5, 5.41) is 25.4. The number of phenolic OH excluding ortho intramolecular Hbond substituents is 2. The van der Waals surface area contributed by atoms with E-state index in [0.29, 0.717) is 11.5 Å². The minimum atomic E-state index is -0.437. The van der Waals surface area contributed by atoms with Crippen LogP contribution in [0.15, 0.2) is 48.6 Å². The third kappa shape index (κ3) is 4.60. The van der Waals surface area contributed by atoms with E-state index in [1.165, 1.54) is 26.4 Å². The number of hydrogen-bond donors (Lipinski definition) is 4. The zero-order chi connectivity index (χ0) is 23.5. The molecule has 0 heterocycles. The zero-order valence-electron chi connectivity index (χ0n) is 18.6. The van der Waals surface area contributed by atoms with Gasteiger partial charge in [0.2, 0.25) is 11.8 Å². The lowest BCUT2D eigenvalue weighted by Crippen LogP contribution is -2.43. The Morgan fingerprint density at radius 3 is 1.64 bits per heavy atom. The van der Waals surface area contributed by atoms with Crippen molar-refractivity contribution in [2.45, 2.75) is 19.5 Å². The molecule has 2 aromatic rings. The summed E-state index contributed by atoms with van der Waals surface area (Å²) in [7, 11) is 2.94. The number of carbonyl (C=O) groups is 2. The van der Waals surface area contributed by atoms with Gasteiger partial charge in [0.15, 0.2) is 23.0 Å². The summed E-state index contributed by atoms with van der Waals surface area (Å²) in [6, 6.07) is 9.83. The van der Waals surface area contributed by atoms with Crippen LogP contribution in [-0.2, 0) is 22.7 Å². The van der Waals surface area contributed by atoms with E-state index in [2.05, 4.69) is 10.6 Å². The molecule has 4 atom stereocenters. The van der Waals surface area contributed by atoms with Crippen LogP contribution in [0.2, 0.25) is 0 Å². The van der Waals surface area contributed by atoms with Crippen molar-refractivity contribution in [3.05, 3.63) is 59.7 Å². The molecule has 0 saturated heterocycles. The summed E-state index contributed by atoms with van der Waals surface area (Å²) >= 11 is 0. The molecule has 4 N–H and O–H groups in total. The number of aromatic hydroxyl groups is 2. The SMILES string of the molecule is COc1cc(CNC(=O)C2C(C(=O)NCc3ccc(O)c(OC)c3)[C@H]3C=C[C@@H]2C3)ccc1O.